The maximum Gasteiger partial charge on any atom is 0.0701 e. The predicted molar refractivity (Wildman–Crippen MR) is 74.9 cm³/mol. The van der Waals surface area contributed by atoms with E-state index in [0.29, 0.717) is 0 Å². The van der Waals surface area contributed by atoms with Crippen molar-refractivity contribution in [3.05, 3.63) is 20.8 Å². The van der Waals surface area contributed by atoms with Crippen molar-refractivity contribution in [2.24, 2.45) is 5.92 Å². The van der Waals surface area contributed by atoms with Gasteiger partial charge >= 0.3 is 0 Å². The van der Waals surface area contributed by atoms with E-state index in [1.807, 2.05) is 11.3 Å². The van der Waals surface area contributed by atoms with Crippen LogP contribution in [0.3, 0.4) is 0 Å². The van der Waals surface area contributed by atoms with Crippen molar-refractivity contribution in [3.8, 4) is 0 Å². The van der Waals surface area contributed by atoms with E-state index in [4.69, 9.17) is 0 Å². The molecule has 0 unspecified atom stereocenters. The van der Waals surface area contributed by atoms with Gasteiger partial charge in [-0.2, -0.15) is 0 Å². The molecule has 90 valence electrons. The van der Waals surface area contributed by atoms with Crippen LogP contribution < -0.4 is 0 Å². The molecule has 16 heavy (non-hydrogen) atoms. The molecule has 0 aromatic carbocycles. The summed E-state index contributed by atoms with van der Waals surface area (Å²) >= 11 is 5.39. The summed E-state index contributed by atoms with van der Waals surface area (Å²) in [5, 5.41) is 0. The molecular weight excluding hydrogens is 282 g/mol. The molecule has 1 saturated heterocycles. The topological polar surface area (TPSA) is 3.24 Å². The minimum Gasteiger partial charge on any atom is -0.298 e. The third-order valence-corrected chi connectivity index (χ3v) is 5.02. The number of hydrogen-bond acceptors (Lipinski definition) is 2. The van der Waals surface area contributed by atoms with E-state index in [2.05, 4.69) is 39.9 Å². The van der Waals surface area contributed by atoms with Crippen LogP contribution in [0, 0.1) is 5.92 Å². The van der Waals surface area contributed by atoms with Gasteiger partial charge in [0.2, 0.25) is 0 Å². The summed E-state index contributed by atoms with van der Waals surface area (Å²) in [6.07, 6.45) is 5.59. The van der Waals surface area contributed by atoms with E-state index < -0.39 is 0 Å². The first-order valence-electron chi connectivity index (χ1n) is 6.24. The molecule has 0 N–H and O–H groups in total. The summed E-state index contributed by atoms with van der Waals surface area (Å²) in [6, 6.07) is 4.40. The van der Waals surface area contributed by atoms with Gasteiger partial charge in [0.05, 0.1) is 3.79 Å². The summed E-state index contributed by atoms with van der Waals surface area (Å²) in [6.45, 7) is 6.03. The average molecular weight is 302 g/mol. The van der Waals surface area contributed by atoms with Crippen LogP contribution >= 0.6 is 27.3 Å². The van der Waals surface area contributed by atoms with Crippen molar-refractivity contribution in [1.82, 2.24) is 4.90 Å². The highest BCUT2D eigenvalue weighted by molar-refractivity contribution is 9.11. The van der Waals surface area contributed by atoms with Gasteiger partial charge < -0.3 is 0 Å². The Bertz CT molecular complexity index is 315. The van der Waals surface area contributed by atoms with Gasteiger partial charge in [0, 0.05) is 11.4 Å². The Kier molecular flexibility index (Phi) is 4.86. The highest BCUT2D eigenvalue weighted by Crippen LogP contribution is 2.26. The number of rotatable bonds is 4. The fourth-order valence-electron chi connectivity index (χ4n) is 2.50. The maximum absolute atomic E-state index is 3.53. The van der Waals surface area contributed by atoms with E-state index in [1.165, 1.54) is 47.4 Å². The third-order valence-electron chi connectivity index (χ3n) is 3.41. The van der Waals surface area contributed by atoms with E-state index in [0.717, 1.165) is 12.5 Å². The number of halogens is 1. The van der Waals surface area contributed by atoms with Gasteiger partial charge in [-0.15, -0.1) is 11.3 Å². The SMILES string of the molecule is CCCC1CCN(Cc2ccc(Br)s2)CC1. The smallest absolute Gasteiger partial charge is 0.0701 e. The van der Waals surface area contributed by atoms with Gasteiger partial charge in [-0.3, -0.25) is 4.90 Å². The zero-order valence-electron chi connectivity index (χ0n) is 9.92. The van der Waals surface area contributed by atoms with E-state index >= 15 is 0 Å². The highest BCUT2D eigenvalue weighted by Gasteiger charge is 2.18. The fourth-order valence-corrected chi connectivity index (χ4v) is 4.02. The van der Waals surface area contributed by atoms with Crippen molar-refractivity contribution in [2.45, 2.75) is 39.2 Å². The molecule has 1 nitrogen and oxygen atoms in total. The molecule has 1 aliphatic rings. The number of piperidine rings is 1. The minimum atomic E-state index is 0.997. The molecule has 0 spiro atoms. The van der Waals surface area contributed by atoms with Gasteiger partial charge in [-0.1, -0.05) is 19.8 Å². The van der Waals surface area contributed by atoms with Crippen LogP contribution in [0.1, 0.15) is 37.5 Å². The Hall–Kier alpha value is 0.140. The van der Waals surface area contributed by atoms with Crippen LogP contribution in [0.4, 0.5) is 0 Å². The second-order valence-corrected chi connectivity index (χ2v) is 7.26. The lowest BCUT2D eigenvalue weighted by atomic mass is 9.92. The maximum atomic E-state index is 3.53. The molecule has 1 aliphatic heterocycles. The largest absolute Gasteiger partial charge is 0.298 e. The minimum absolute atomic E-state index is 0.997. The Morgan fingerprint density at radius 3 is 2.69 bits per heavy atom. The number of thiophene rings is 1. The third kappa shape index (κ3) is 3.57. The van der Waals surface area contributed by atoms with Crippen LogP contribution in [-0.4, -0.2) is 18.0 Å². The molecule has 1 fully saturated rings. The van der Waals surface area contributed by atoms with Crippen LogP contribution in [0.15, 0.2) is 15.9 Å². The molecule has 0 radical (unpaired) electrons. The second kappa shape index (κ2) is 6.18. The van der Waals surface area contributed by atoms with Crippen LogP contribution in [0.5, 0.6) is 0 Å². The van der Waals surface area contributed by atoms with Gasteiger partial charge in [-0.05, 0) is 59.9 Å². The van der Waals surface area contributed by atoms with Gasteiger partial charge in [-0.25, -0.2) is 0 Å². The first-order chi connectivity index (χ1) is 7.78. The van der Waals surface area contributed by atoms with Crippen molar-refractivity contribution in [3.63, 3.8) is 0 Å². The monoisotopic (exact) mass is 301 g/mol. The summed E-state index contributed by atoms with van der Waals surface area (Å²) < 4.78 is 1.25. The molecule has 0 aliphatic carbocycles. The summed E-state index contributed by atoms with van der Waals surface area (Å²) in [4.78, 5) is 4.09. The molecule has 1 aromatic heterocycles. The molecule has 0 amide bonds. The molecule has 0 bridgehead atoms. The quantitative estimate of drug-likeness (QED) is 0.790. The van der Waals surface area contributed by atoms with Gasteiger partial charge in [0.15, 0.2) is 0 Å². The lowest BCUT2D eigenvalue weighted by Gasteiger charge is -2.31. The predicted octanol–water partition coefficient (Wildman–Crippen LogP) is 4.52. The normalized spacial score (nSPS) is 19.1. The van der Waals surface area contributed by atoms with E-state index in [9.17, 15) is 0 Å². The molecular formula is C13H20BrNS. The molecule has 2 heterocycles. The van der Waals surface area contributed by atoms with Crippen LogP contribution in [-0.2, 0) is 6.54 Å². The van der Waals surface area contributed by atoms with E-state index in [1.54, 1.807) is 0 Å². The van der Waals surface area contributed by atoms with Crippen LogP contribution in [0.2, 0.25) is 0 Å². The summed E-state index contributed by atoms with van der Waals surface area (Å²) in [5.74, 6) is 0.997. The first-order valence-corrected chi connectivity index (χ1v) is 7.85. The zero-order valence-corrected chi connectivity index (χ0v) is 12.3. The highest BCUT2D eigenvalue weighted by atomic mass is 79.9. The molecule has 0 saturated carbocycles. The van der Waals surface area contributed by atoms with Crippen molar-refractivity contribution >= 4 is 27.3 Å². The molecule has 2 rings (SSSR count). The lowest BCUT2D eigenvalue weighted by molar-refractivity contribution is 0.173. The Morgan fingerprint density at radius 2 is 2.12 bits per heavy atom. The standard InChI is InChI=1S/C13H20BrNS/c1-2-3-11-6-8-15(9-7-11)10-12-4-5-13(14)16-12/h4-5,11H,2-3,6-10H2,1H3. The van der Waals surface area contributed by atoms with E-state index in [-0.39, 0.29) is 0 Å². The average Bonchev–Trinajstić information content (AvgIpc) is 2.67. The van der Waals surface area contributed by atoms with Gasteiger partial charge in [0.1, 0.15) is 0 Å². The second-order valence-electron chi connectivity index (χ2n) is 4.71. The molecule has 3 heteroatoms. The summed E-state index contributed by atoms with van der Waals surface area (Å²) in [5.41, 5.74) is 0. The summed E-state index contributed by atoms with van der Waals surface area (Å²) in [7, 11) is 0. The number of likely N-dealkylation sites (tertiary alicyclic amines) is 1. The van der Waals surface area contributed by atoms with Crippen molar-refractivity contribution in [1.29, 1.82) is 0 Å². The number of hydrogen-bond donors (Lipinski definition) is 0. The molecule has 1 aromatic rings. The Balaban J connectivity index is 1.77. The van der Waals surface area contributed by atoms with Crippen molar-refractivity contribution < 1.29 is 0 Å². The molecule has 0 atom stereocenters. The zero-order chi connectivity index (χ0) is 11.4. The fraction of sp³-hybridized carbons (Fsp3) is 0.692. The first kappa shape index (κ1) is 12.6. The van der Waals surface area contributed by atoms with Crippen molar-refractivity contribution in [2.75, 3.05) is 13.1 Å². The Morgan fingerprint density at radius 1 is 1.38 bits per heavy atom. The Labute approximate surface area is 111 Å². The number of nitrogens with zero attached hydrogens (tertiary/aromatic N) is 1. The lowest BCUT2D eigenvalue weighted by Crippen LogP contribution is -2.32. The van der Waals surface area contributed by atoms with Gasteiger partial charge in [0.25, 0.3) is 0 Å². The van der Waals surface area contributed by atoms with Crippen LogP contribution in [0.25, 0.3) is 0 Å².